The molecule has 232 valence electrons. The topological polar surface area (TPSA) is 32.8 Å². The summed E-state index contributed by atoms with van der Waals surface area (Å²) in [7, 11) is 0. The Labute approximate surface area is 241 Å². The van der Waals surface area contributed by atoms with Gasteiger partial charge in [0, 0.05) is 31.6 Å². The van der Waals surface area contributed by atoms with E-state index < -0.39 is 23.5 Å². The summed E-state index contributed by atoms with van der Waals surface area (Å²) in [6, 6.07) is 8.08. The van der Waals surface area contributed by atoms with Gasteiger partial charge in [-0.05, 0) is 87.4 Å². The lowest BCUT2D eigenvalue weighted by atomic mass is 9.85. The molecule has 0 aliphatic carbocycles. The van der Waals surface area contributed by atoms with Gasteiger partial charge in [0.1, 0.15) is 5.82 Å². The number of rotatable bonds is 4. The molecule has 3 saturated heterocycles. The highest BCUT2D eigenvalue weighted by Crippen LogP contribution is 2.39. The van der Waals surface area contributed by atoms with Crippen LogP contribution in [0.4, 0.5) is 30.7 Å². The third-order valence-corrected chi connectivity index (χ3v) is 8.51. The van der Waals surface area contributed by atoms with Crippen LogP contribution in [0.1, 0.15) is 61.3 Å². The number of hydrogen-bond acceptors (Lipinski definition) is 3. The Kier molecular flexibility index (Phi) is 10.2. The third kappa shape index (κ3) is 8.24. The van der Waals surface area contributed by atoms with Gasteiger partial charge in [0.2, 0.25) is 5.91 Å². The monoisotopic (exact) mass is 602 g/mol. The van der Waals surface area contributed by atoms with Gasteiger partial charge in [-0.2, -0.15) is 26.3 Å². The van der Waals surface area contributed by atoms with Gasteiger partial charge < -0.3 is 9.64 Å². The van der Waals surface area contributed by atoms with E-state index in [2.05, 4.69) is 4.90 Å². The summed E-state index contributed by atoms with van der Waals surface area (Å²) in [5, 5.41) is 0. The van der Waals surface area contributed by atoms with Gasteiger partial charge in [0.25, 0.3) is 0 Å². The van der Waals surface area contributed by atoms with Crippen LogP contribution in [-0.4, -0.2) is 54.0 Å². The molecule has 0 bridgehead atoms. The molecular formula is C31H37F7N2O2. The van der Waals surface area contributed by atoms with E-state index in [9.17, 15) is 35.5 Å². The average Bonchev–Trinajstić information content (AvgIpc) is 3.27. The predicted molar refractivity (Wildman–Crippen MR) is 144 cm³/mol. The first-order valence-electron chi connectivity index (χ1n) is 14.4. The smallest absolute Gasteiger partial charge is 0.372 e. The molecule has 11 heteroatoms. The summed E-state index contributed by atoms with van der Waals surface area (Å²) in [5.41, 5.74) is -1.74. The van der Waals surface area contributed by atoms with Crippen molar-refractivity contribution in [2.45, 2.75) is 77.1 Å². The number of fused-ring (bicyclic) bond motifs is 1. The first-order chi connectivity index (χ1) is 19.7. The van der Waals surface area contributed by atoms with E-state index in [1.807, 2.05) is 18.7 Å². The maximum absolute atomic E-state index is 13.1. The van der Waals surface area contributed by atoms with Gasteiger partial charge in [-0.3, -0.25) is 9.69 Å². The first-order valence-corrected chi connectivity index (χ1v) is 14.4. The molecule has 0 saturated carbocycles. The summed E-state index contributed by atoms with van der Waals surface area (Å²) < 4.78 is 96.7. The van der Waals surface area contributed by atoms with Crippen molar-refractivity contribution in [2.75, 3.05) is 26.2 Å². The molecule has 2 aromatic carbocycles. The molecule has 3 heterocycles. The number of halogens is 7. The lowest BCUT2D eigenvalue weighted by molar-refractivity contribution is -0.143. The van der Waals surface area contributed by atoms with E-state index in [-0.39, 0.29) is 53.9 Å². The maximum atomic E-state index is 13.1. The molecule has 0 spiro atoms. The van der Waals surface area contributed by atoms with Crippen LogP contribution in [0.2, 0.25) is 0 Å². The summed E-state index contributed by atoms with van der Waals surface area (Å²) in [4.78, 5) is 17.2. The second-order valence-corrected chi connectivity index (χ2v) is 11.6. The molecule has 0 aromatic heterocycles. The zero-order valence-electron chi connectivity index (χ0n) is 23.8. The number of alkyl halides is 6. The zero-order chi connectivity index (χ0) is 30.7. The fourth-order valence-electron chi connectivity index (χ4n) is 6.11. The Morgan fingerprint density at radius 3 is 2.05 bits per heavy atom. The number of likely N-dealkylation sites (tertiary alicyclic amines) is 1. The van der Waals surface area contributed by atoms with Crippen molar-refractivity contribution in [2.24, 2.45) is 11.8 Å². The van der Waals surface area contributed by atoms with Gasteiger partial charge in [0.05, 0.1) is 23.8 Å². The van der Waals surface area contributed by atoms with Crippen molar-refractivity contribution < 1.29 is 40.3 Å². The zero-order valence-corrected chi connectivity index (χ0v) is 23.8. The third-order valence-electron chi connectivity index (χ3n) is 8.51. The maximum Gasteiger partial charge on any atom is 0.416 e. The van der Waals surface area contributed by atoms with Gasteiger partial charge in [-0.15, -0.1) is 0 Å². The summed E-state index contributed by atoms with van der Waals surface area (Å²) in [6.07, 6.45) is -5.40. The molecule has 5 rings (SSSR count). The van der Waals surface area contributed by atoms with Crippen LogP contribution in [-0.2, 0) is 28.5 Å². The van der Waals surface area contributed by atoms with Crippen molar-refractivity contribution in [3.63, 3.8) is 0 Å². The molecule has 3 fully saturated rings. The van der Waals surface area contributed by atoms with E-state index in [1.165, 1.54) is 12.1 Å². The largest absolute Gasteiger partial charge is 0.416 e. The number of piperidine rings is 2. The van der Waals surface area contributed by atoms with E-state index in [0.717, 1.165) is 63.0 Å². The van der Waals surface area contributed by atoms with Crippen LogP contribution in [0, 0.1) is 24.6 Å². The number of nitrogens with zero attached hydrogens (tertiary/aromatic N) is 2. The van der Waals surface area contributed by atoms with Gasteiger partial charge >= 0.3 is 12.4 Å². The molecule has 4 nitrogen and oxygen atoms in total. The van der Waals surface area contributed by atoms with Crippen molar-refractivity contribution in [3.8, 4) is 0 Å². The molecule has 3 aliphatic rings. The van der Waals surface area contributed by atoms with Crippen LogP contribution >= 0.6 is 0 Å². The van der Waals surface area contributed by atoms with E-state index in [4.69, 9.17) is 4.74 Å². The summed E-state index contributed by atoms with van der Waals surface area (Å²) in [6.45, 7) is 6.49. The number of aryl methyl sites for hydroxylation is 1. The summed E-state index contributed by atoms with van der Waals surface area (Å²) >= 11 is 0. The molecule has 0 radical (unpaired) electrons. The minimum Gasteiger partial charge on any atom is -0.372 e. The first kappa shape index (κ1) is 32.3. The fourth-order valence-corrected chi connectivity index (χ4v) is 6.11. The highest BCUT2D eigenvalue weighted by molar-refractivity contribution is 5.79. The molecule has 3 aliphatic heterocycles. The van der Waals surface area contributed by atoms with Crippen LogP contribution in [0.5, 0.6) is 0 Å². The SMILES string of the molecule is CC1C(OCc2cc(C(F)(F)F)cc(C(F)(F)F)c2)CN2CCC(C(=O)N3CCCCC3)CC12.Cc1ccc(F)cc1. The Morgan fingerprint density at radius 2 is 1.50 bits per heavy atom. The van der Waals surface area contributed by atoms with Crippen LogP contribution in [0.25, 0.3) is 0 Å². The number of carbonyl (C=O) groups is 1. The van der Waals surface area contributed by atoms with Crippen molar-refractivity contribution in [1.29, 1.82) is 0 Å². The van der Waals surface area contributed by atoms with Gasteiger partial charge in [0.15, 0.2) is 0 Å². The number of benzene rings is 2. The number of carbonyl (C=O) groups excluding carboxylic acids is 1. The molecule has 2 aromatic rings. The minimum absolute atomic E-state index is 0.0184. The van der Waals surface area contributed by atoms with Crippen molar-refractivity contribution in [1.82, 2.24) is 9.80 Å². The van der Waals surface area contributed by atoms with Crippen LogP contribution in [0.15, 0.2) is 42.5 Å². The second kappa shape index (κ2) is 13.3. The standard InChI is InChI=1S/C24H30F6N2O2.C7H7F/c1-15-20-11-17(22(33)31-6-3-2-4-7-31)5-8-32(20)13-21(15)34-14-16-9-18(23(25,26)27)12-19(10-16)24(28,29)30;1-6-2-4-7(8)5-3-6/h9-10,12,15,17,20-21H,2-8,11,13-14H2,1H3;2-5H,1H3. The highest BCUT2D eigenvalue weighted by atomic mass is 19.4. The Bertz CT molecular complexity index is 1140. The van der Waals surface area contributed by atoms with Crippen LogP contribution < -0.4 is 0 Å². The molecule has 4 atom stereocenters. The minimum atomic E-state index is -4.88. The quantitative estimate of drug-likeness (QED) is 0.340. The lowest BCUT2D eigenvalue weighted by Crippen LogP contribution is -2.47. The normalized spacial score (nSPS) is 25.0. The number of hydrogen-bond donors (Lipinski definition) is 0. The highest BCUT2D eigenvalue weighted by Gasteiger charge is 2.45. The fraction of sp³-hybridized carbons (Fsp3) is 0.581. The number of amides is 1. The second-order valence-electron chi connectivity index (χ2n) is 11.6. The average molecular weight is 603 g/mol. The van der Waals surface area contributed by atoms with E-state index >= 15 is 0 Å². The van der Waals surface area contributed by atoms with Gasteiger partial charge in [-0.1, -0.05) is 24.6 Å². The summed E-state index contributed by atoms with van der Waals surface area (Å²) in [5.74, 6) is 0.0124. The Hall–Kier alpha value is -2.66. The Morgan fingerprint density at radius 1 is 0.905 bits per heavy atom. The van der Waals surface area contributed by atoms with Crippen molar-refractivity contribution >= 4 is 5.91 Å². The van der Waals surface area contributed by atoms with Crippen molar-refractivity contribution in [3.05, 3.63) is 70.5 Å². The molecule has 42 heavy (non-hydrogen) atoms. The molecule has 4 unspecified atom stereocenters. The van der Waals surface area contributed by atoms with Crippen LogP contribution in [0.3, 0.4) is 0 Å². The molecular weight excluding hydrogens is 565 g/mol. The number of ether oxygens (including phenoxy) is 1. The molecule has 1 amide bonds. The lowest BCUT2D eigenvalue weighted by Gasteiger charge is -2.38. The Balaban J connectivity index is 0.000000437. The van der Waals surface area contributed by atoms with Gasteiger partial charge in [-0.25, -0.2) is 4.39 Å². The molecule has 0 N–H and O–H groups in total. The van der Waals surface area contributed by atoms with E-state index in [0.29, 0.717) is 13.0 Å². The predicted octanol–water partition coefficient (Wildman–Crippen LogP) is 7.49. The van der Waals surface area contributed by atoms with E-state index in [1.54, 1.807) is 12.1 Å².